The molecule has 0 atom stereocenters. The molecule has 0 saturated carbocycles. The van der Waals surface area contributed by atoms with Crippen LogP contribution in [0.25, 0.3) is 6.08 Å². The van der Waals surface area contributed by atoms with Gasteiger partial charge < -0.3 is 4.90 Å². The molecule has 1 fully saturated rings. The normalized spacial score (nSPS) is 17.9. The summed E-state index contributed by atoms with van der Waals surface area (Å²) in [6.45, 7) is 4.51. The maximum absolute atomic E-state index is 4.83. The summed E-state index contributed by atoms with van der Waals surface area (Å²) in [6.07, 6.45) is 10.3. The third-order valence-corrected chi connectivity index (χ3v) is 3.79. The Labute approximate surface area is 110 Å². The van der Waals surface area contributed by atoms with Crippen molar-refractivity contribution in [3.8, 4) is 0 Å². The summed E-state index contributed by atoms with van der Waals surface area (Å²) in [5.74, 6) is 2.23. The Bertz CT molecular complexity index is 464. The van der Waals surface area contributed by atoms with Crippen LogP contribution < -0.4 is 4.90 Å². The largest absolute Gasteiger partial charge is 0.356 e. The maximum atomic E-state index is 4.83. The summed E-state index contributed by atoms with van der Waals surface area (Å²) < 4.78 is 0. The van der Waals surface area contributed by atoms with Gasteiger partial charge in [-0.15, -0.1) is 0 Å². The van der Waals surface area contributed by atoms with Crippen LogP contribution in [0, 0.1) is 0 Å². The standard InChI is InChI=1S/C14H20BN3/c1-15-10-13-16-12-7-5-6-11(12)14(17-13)18-8-3-2-4-9-18/h5,7,15H,2-4,6,8-10H2,1H3. The zero-order chi connectivity index (χ0) is 12.4. The minimum atomic E-state index is 0.988. The lowest BCUT2D eigenvalue weighted by Crippen LogP contribution is -2.31. The molecule has 0 bridgehead atoms. The highest BCUT2D eigenvalue weighted by Gasteiger charge is 2.21. The van der Waals surface area contributed by atoms with E-state index in [1.165, 1.54) is 30.6 Å². The molecule has 0 spiro atoms. The van der Waals surface area contributed by atoms with E-state index >= 15 is 0 Å². The predicted octanol–water partition coefficient (Wildman–Crippen LogP) is 2.02. The first-order valence-electron chi connectivity index (χ1n) is 7.19. The molecule has 0 radical (unpaired) electrons. The molecule has 0 amide bonds. The van der Waals surface area contributed by atoms with Crippen LogP contribution in [0.15, 0.2) is 6.08 Å². The van der Waals surface area contributed by atoms with E-state index in [9.17, 15) is 0 Å². The van der Waals surface area contributed by atoms with Gasteiger partial charge in [0.05, 0.1) is 5.69 Å². The molecule has 3 nitrogen and oxygen atoms in total. The number of fused-ring (bicyclic) bond motifs is 1. The van der Waals surface area contributed by atoms with Crippen molar-refractivity contribution in [3.05, 3.63) is 23.2 Å². The summed E-state index contributed by atoms with van der Waals surface area (Å²) in [5, 5.41) is 0. The molecule has 1 aliphatic carbocycles. The molecule has 3 rings (SSSR count). The molecule has 0 aromatic carbocycles. The second kappa shape index (κ2) is 5.13. The first kappa shape index (κ1) is 11.8. The van der Waals surface area contributed by atoms with Gasteiger partial charge in [-0.25, -0.2) is 9.97 Å². The third kappa shape index (κ3) is 2.16. The first-order chi connectivity index (χ1) is 8.88. The zero-order valence-corrected chi connectivity index (χ0v) is 11.2. The van der Waals surface area contributed by atoms with E-state index in [1.54, 1.807) is 0 Å². The van der Waals surface area contributed by atoms with Crippen LogP contribution in [0.5, 0.6) is 0 Å². The highest BCUT2D eigenvalue weighted by Crippen LogP contribution is 2.29. The Hall–Kier alpha value is -1.32. The number of anilines is 1. The molecule has 2 aliphatic rings. The molecule has 2 heterocycles. The van der Waals surface area contributed by atoms with Crippen LogP contribution >= 0.6 is 0 Å². The minimum Gasteiger partial charge on any atom is -0.356 e. The Morgan fingerprint density at radius 1 is 1.22 bits per heavy atom. The molecule has 4 heteroatoms. The van der Waals surface area contributed by atoms with Gasteiger partial charge in [-0.1, -0.05) is 12.9 Å². The maximum Gasteiger partial charge on any atom is 0.136 e. The van der Waals surface area contributed by atoms with Crippen molar-refractivity contribution in [2.24, 2.45) is 0 Å². The molecule has 0 N–H and O–H groups in total. The smallest absolute Gasteiger partial charge is 0.136 e. The number of piperidine rings is 1. The van der Waals surface area contributed by atoms with E-state index in [2.05, 4.69) is 28.9 Å². The number of hydrogen-bond acceptors (Lipinski definition) is 3. The number of hydrogen-bond donors (Lipinski definition) is 0. The fraction of sp³-hybridized carbons (Fsp3) is 0.571. The Morgan fingerprint density at radius 3 is 2.83 bits per heavy atom. The van der Waals surface area contributed by atoms with E-state index in [0.717, 1.165) is 44.6 Å². The van der Waals surface area contributed by atoms with Gasteiger partial charge in [-0.3, -0.25) is 0 Å². The summed E-state index contributed by atoms with van der Waals surface area (Å²) in [7, 11) is 1.11. The second-order valence-electron chi connectivity index (χ2n) is 5.23. The van der Waals surface area contributed by atoms with Crippen molar-refractivity contribution in [3.63, 3.8) is 0 Å². The van der Waals surface area contributed by atoms with Crippen LogP contribution in [0.1, 0.15) is 36.3 Å². The van der Waals surface area contributed by atoms with Crippen LogP contribution in [-0.4, -0.2) is 30.3 Å². The van der Waals surface area contributed by atoms with E-state index in [0.29, 0.717) is 0 Å². The lowest BCUT2D eigenvalue weighted by Gasteiger charge is -2.29. The Morgan fingerprint density at radius 2 is 2.06 bits per heavy atom. The van der Waals surface area contributed by atoms with E-state index in [4.69, 9.17) is 4.98 Å². The fourth-order valence-corrected chi connectivity index (χ4v) is 2.86. The van der Waals surface area contributed by atoms with Crippen molar-refractivity contribution in [1.29, 1.82) is 0 Å². The summed E-state index contributed by atoms with van der Waals surface area (Å²) in [4.78, 5) is 12.0. The van der Waals surface area contributed by atoms with Gasteiger partial charge in [0, 0.05) is 18.7 Å². The molecule has 94 valence electrons. The molecule has 18 heavy (non-hydrogen) atoms. The van der Waals surface area contributed by atoms with Crippen molar-refractivity contribution in [2.75, 3.05) is 18.0 Å². The quantitative estimate of drug-likeness (QED) is 0.758. The van der Waals surface area contributed by atoms with Crippen molar-refractivity contribution in [1.82, 2.24) is 9.97 Å². The van der Waals surface area contributed by atoms with Crippen LogP contribution in [0.4, 0.5) is 5.82 Å². The molecule has 1 aliphatic heterocycles. The molecule has 1 saturated heterocycles. The van der Waals surface area contributed by atoms with Gasteiger partial charge in [0.1, 0.15) is 18.9 Å². The number of aromatic nitrogens is 2. The van der Waals surface area contributed by atoms with E-state index < -0.39 is 0 Å². The van der Waals surface area contributed by atoms with Crippen LogP contribution in [-0.2, 0) is 12.7 Å². The lowest BCUT2D eigenvalue weighted by molar-refractivity contribution is 0.571. The monoisotopic (exact) mass is 241 g/mol. The number of allylic oxidation sites excluding steroid dienone is 1. The third-order valence-electron chi connectivity index (χ3n) is 3.79. The molecule has 0 unspecified atom stereocenters. The van der Waals surface area contributed by atoms with Gasteiger partial charge >= 0.3 is 0 Å². The highest BCUT2D eigenvalue weighted by atomic mass is 15.2. The Kier molecular flexibility index (Phi) is 3.35. The van der Waals surface area contributed by atoms with Crippen LogP contribution in [0.2, 0.25) is 6.82 Å². The number of rotatable bonds is 3. The topological polar surface area (TPSA) is 29.0 Å². The fourth-order valence-electron chi connectivity index (χ4n) is 2.86. The summed E-state index contributed by atoms with van der Waals surface area (Å²) >= 11 is 0. The summed E-state index contributed by atoms with van der Waals surface area (Å²) in [5.41, 5.74) is 2.51. The van der Waals surface area contributed by atoms with Gasteiger partial charge in [0.2, 0.25) is 0 Å². The lowest BCUT2D eigenvalue weighted by atomic mass is 9.78. The van der Waals surface area contributed by atoms with E-state index in [1.807, 2.05) is 0 Å². The minimum absolute atomic E-state index is 0.988. The SMILES string of the molecule is CBCc1nc2c(c(N3CCCCC3)n1)CC=C2. The average Bonchev–Trinajstić information content (AvgIpc) is 2.87. The zero-order valence-electron chi connectivity index (χ0n) is 11.2. The second-order valence-corrected chi connectivity index (χ2v) is 5.23. The Balaban J connectivity index is 1.96. The van der Waals surface area contributed by atoms with Gasteiger partial charge in [0.15, 0.2) is 0 Å². The van der Waals surface area contributed by atoms with Crippen molar-refractivity contribution < 1.29 is 0 Å². The van der Waals surface area contributed by atoms with Crippen molar-refractivity contribution >= 4 is 19.2 Å². The van der Waals surface area contributed by atoms with Gasteiger partial charge in [-0.05, 0) is 38.1 Å². The molecular weight excluding hydrogens is 221 g/mol. The molecule has 1 aromatic heterocycles. The van der Waals surface area contributed by atoms with Gasteiger partial charge in [0.25, 0.3) is 0 Å². The van der Waals surface area contributed by atoms with Crippen molar-refractivity contribution in [2.45, 2.75) is 38.8 Å². The van der Waals surface area contributed by atoms with E-state index in [-0.39, 0.29) is 0 Å². The number of nitrogens with zero attached hydrogens (tertiary/aromatic N) is 3. The molecular formula is C14H20BN3. The summed E-state index contributed by atoms with van der Waals surface area (Å²) in [6, 6.07) is 0. The van der Waals surface area contributed by atoms with Gasteiger partial charge in [-0.2, -0.15) is 0 Å². The highest BCUT2D eigenvalue weighted by molar-refractivity contribution is 6.32. The molecule has 1 aromatic rings. The predicted molar refractivity (Wildman–Crippen MR) is 77.6 cm³/mol. The average molecular weight is 241 g/mol. The first-order valence-corrected chi connectivity index (χ1v) is 7.19. The van der Waals surface area contributed by atoms with Crippen LogP contribution in [0.3, 0.4) is 0 Å².